The Hall–Kier alpha value is -3.53. The molecule has 0 saturated heterocycles. The number of hydrogen-bond acceptors (Lipinski definition) is 4. The molecule has 4 heteroatoms. The molecular weight excluding hydrogens is 432 g/mol. The van der Waals surface area contributed by atoms with Gasteiger partial charge in [-0.1, -0.05) is 48.9 Å². The Balaban J connectivity index is 1.32. The molecule has 0 amide bonds. The molecule has 2 aliphatic rings. The van der Waals surface area contributed by atoms with Crippen molar-refractivity contribution < 1.29 is 9.47 Å². The molecule has 0 unspecified atom stereocenters. The summed E-state index contributed by atoms with van der Waals surface area (Å²) in [7, 11) is 0. The lowest BCUT2D eigenvalue weighted by molar-refractivity contribution is 0.277. The van der Waals surface area contributed by atoms with Gasteiger partial charge in [0.15, 0.2) is 11.5 Å². The SMILES string of the molecule is CCCOc1ccc(C=Nc2ccc([C@@H]3Nc4ccc(C)cc4[C@@H]4C=CC[C@@H]43)cc2)cc1OCC. The molecule has 3 aromatic carbocycles. The third-order valence-corrected chi connectivity index (χ3v) is 6.86. The van der Waals surface area contributed by atoms with Crippen molar-refractivity contribution in [2.45, 2.75) is 45.6 Å². The van der Waals surface area contributed by atoms with Gasteiger partial charge in [-0.05, 0) is 85.7 Å². The first-order valence-corrected chi connectivity index (χ1v) is 12.7. The lowest BCUT2D eigenvalue weighted by Gasteiger charge is -2.37. The van der Waals surface area contributed by atoms with Crippen LogP contribution in [0.3, 0.4) is 0 Å². The summed E-state index contributed by atoms with van der Waals surface area (Å²) in [6, 6.07) is 21.7. The molecule has 5 rings (SSSR count). The van der Waals surface area contributed by atoms with Crippen molar-refractivity contribution in [1.29, 1.82) is 0 Å². The van der Waals surface area contributed by atoms with Crippen molar-refractivity contribution in [3.63, 3.8) is 0 Å². The number of ether oxygens (including phenoxy) is 2. The fourth-order valence-corrected chi connectivity index (χ4v) is 5.17. The summed E-state index contributed by atoms with van der Waals surface area (Å²) in [5.41, 5.74) is 7.24. The summed E-state index contributed by atoms with van der Waals surface area (Å²) in [5, 5.41) is 3.82. The average Bonchev–Trinajstić information content (AvgIpc) is 3.38. The first kappa shape index (κ1) is 23.2. The maximum Gasteiger partial charge on any atom is 0.161 e. The molecule has 0 bridgehead atoms. The van der Waals surface area contributed by atoms with Crippen molar-refractivity contribution >= 4 is 17.6 Å². The van der Waals surface area contributed by atoms with Crippen LogP contribution in [-0.4, -0.2) is 19.4 Å². The van der Waals surface area contributed by atoms with Gasteiger partial charge in [0.05, 0.1) is 24.9 Å². The summed E-state index contributed by atoms with van der Waals surface area (Å²) < 4.78 is 11.6. The van der Waals surface area contributed by atoms with E-state index in [4.69, 9.17) is 14.5 Å². The van der Waals surface area contributed by atoms with Gasteiger partial charge < -0.3 is 14.8 Å². The minimum Gasteiger partial charge on any atom is -0.490 e. The number of nitrogens with one attached hydrogen (secondary N) is 1. The number of fused-ring (bicyclic) bond motifs is 3. The Kier molecular flexibility index (Phi) is 6.89. The van der Waals surface area contributed by atoms with E-state index >= 15 is 0 Å². The molecule has 180 valence electrons. The smallest absolute Gasteiger partial charge is 0.161 e. The van der Waals surface area contributed by atoms with Gasteiger partial charge >= 0.3 is 0 Å². The predicted octanol–water partition coefficient (Wildman–Crippen LogP) is 7.76. The third kappa shape index (κ3) is 4.97. The van der Waals surface area contributed by atoms with Crippen LogP contribution < -0.4 is 14.8 Å². The number of aryl methyl sites for hydroxylation is 1. The second-order valence-electron chi connectivity index (χ2n) is 9.40. The third-order valence-electron chi connectivity index (χ3n) is 6.86. The van der Waals surface area contributed by atoms with Crippen LogP contribution >= 0.6 is 0 Å². The quantitative estimate of drug-likeness (QED) is 0.272. The zero-order chi connectivity index (χ0) is 24.2. The van der Waals surface area contributed by atoms with Crippen LogP contribution in [0, 0.1) is 12.8 Å². The molecule has 1 aliphatic heterocycles. The Morgan fingerprint density at radius 3 is 2.63 bits per heavy atom. The van der Waals surface area contributed by atoms with E-state index in [2.05, 4.69) is 73.8 Å². The number of anilines is 1. The molecule has 0 radical (unpaired) electrons. The summed E-state index contributed by atoms with van der Waals surface area (Å²) in [6.07, 6.45) is 8.69. The lowest BCUT2D eigenvalue weighted by Crippen LogP contribution is -2.29. The monoisotopic (exact) mass is 466 g/mol. The van der Waals surface area contributed by atoms with Crippen molar-refractivity contribution in [1.82, 2.24) is 0 Å². The van der Waals surface area contributed by atoms with E-state index < -0.39 is 0 Å². The second kappa shape index (κ2) is 10.4. The number of nitrogens with zero attached hydrogens (tertiary/aromatic N) is 1. The number of rotatable bonds is 8. The highest BCUT2D eigenvalue weighted by molar-refractivity contribution is 5.83. The fraction of sp³-hybridized carbons (Fsp3) is 0.323. The van der Waals surface area contributed by atoms with Crippen molar-refractivity contribution in [2.75, 3.05) is 18.5 Å². The number of benzene rings is 3. The molecule has 1 aliphatic carbocycles. The summed E-state index contributed by atoms with van der Waals surface area (Å²) >= 11 is 0. The number of hydrogen-bond donors (Lipinski definition) is 1. The van der Waals surface area contributed by atoms with E-state index in [9.17, 15) is 0 Å². The normalized spacial score (nSPS) is 20.4. The maximum absolute atomic E-state index is 5.81. The molecule has 3 aromatic rings. The standard InChI is InChI=1S/C31H34N2O2/c1-4-17-35-29-16-10-22(19-30(29)34-5-2)20-32-24-13-11-23(12-14-24)31-26-8-6-7-25(26)27-18-21(3)9-15-28(27)33-31/h6-7,9-16,18-20,25-26,31,33H,4-5,8,17H2,1-3H3/t25-,26+,31+/m1/s1. The van der Waals surface area contributed by atoms with Crippen LogP contribution in [0.1, 0.15) is 60.9 Å². The zero-order valence-electron chi connectivity index (χ0n) is 20.8. The van der Waals surface area contributed by atoms with Gasteiger partial charge in [-0.25, -0.2) is 0 Å². The van der Waals surface area contributed by atoms with E-state index in [0.29, 0.717) is 31.1 Å². The Labute approximate surface area is 208 Å². The van der Waals surface area contributed by atoms with Gasteiger partial charge in [-0.2, -0.15) is 0 Å². The maximum atomic E-state index is 5.81. The van der Waals surface area contributed by atoms with E-state index in [0.717, 1.165) is 35.6 Å². The molecule has 4 nitrogen and oxygen atoms in total. The van der Waals surface area contributed by atoms with Crippen LogP contribution in [0.25, 0.3) is 0 Å². The summed E-state index contributed by atoms with van der Waals surface area (Å²) in [4.78, 5) is 4.71. The Morgan fingerprint density at radius 1 is 0.971 bits per heavy atom. The van der Waals surface area contributed by atoms with Gasteiger partial charge in [0.2, 0.25) is 0 Å². The largest absolute Gasteiger partial charge is 0.490 e. The van der Waals surface area contributed by atoms with Gasteiger partial charge in [0.25, 0.3) is 0 Å². The average molecular weight is 467 g/mol. The molecule has 0 spiro atoms. The fourth-order valence-electron chi connectivity index (χ4n) is 5.17. The molecular formula is C31H34N2O2. The Morgan fingerprint density at radius 2 is 1.83 bits per heavy atom. The lowest BCUT2D eigenvalue weighted by atomic mass is 9.76. The molecule has 35 heavy (non-hydrogen) atoms. The van der Waals surface area contributed by atoms with Gasteiger partial charge in [0, 0.05) is 17.8 Å². The van der Waals surface area contributed by atoms with Crippen LogP contribution in [0.15, 0.2) is 77.8 Å². The minimum atomic E-state index is 0.299. The number of aliphatic imine (C=N–C) groups is 1. The molecule has 0 fully saturated rings. The highest BCUT2D eigenvalue weighted by Crippen LogP contribution is 2.50. The van der Waals surface area contributed by atoms with E-state index in [-0.39, 0.29) is 0 Å². The zero-order valence-corrected chi connectivity index (χ0v) is 20.8. The molecule has 1 N–H and O–H groups in total. The summed E-state index contributed by atoms with van der Waals surface area (Å²) in [5.74, 6) is 2.58. The van der Waals surface area contributed by atoms with Crippen molar-refractivity contribution in [3.8, 4) is 11.5 Å². The highest BCUT2D eigenvalue weighted by Gasteiger charge is 2.37. The van der Waals surface area contributed by atoms with E-state index in [1.54, 1.807) is 0 Å². The predicted molar refractivity (Wildman–Crippen MR) is 145 cm³/mol. The van der Waals surface area contributed by atoms with Gasteiger partial charge in [-0.3, -0.25) is 4.99 Å². The van der Waals surface area contributed by atoms with Crippen LogP contribution in [0.2, 0.25) is 0 Å². The molecule has 3 atom stereocenters. The van der Waals surface area contributed by atoms with Gasteiger partial charge in [0.1, 0.15) is 0 Å². The molecule has 0 saturated carbocycles. The first-order valence-electron chi connectivity index (χ1n) is 12.7. The molecule has 1 heterocycles. The Bertz CT molecular complexity index is 1230. The van der Waals surface area contributed by atoms with Crippen LogP contribution in [-0.2, 0) is 0 Å². The van der Waals surface area contributed by atoms with E-state index in [1.165, 1.54) is 22.4 Å². The molecule has 0 aromatic heterocycles. The first-order chi connectivity index (χ1) is 17.2. The topological polar surface area (TPSA) is 42.8 Å². The minimum absolute atomic E-state index is 0.299. The summed E-state index contributed by atoms with van der Waals surface area (Å²) in [6.45, 7) is 7.53. The van der Waals surface area contributed by atoms with Crippen molar-refractivity contribution in [3.05, 3.63) is 95.1 Å². The van der Waals surface area contributed by atoms with Crippen molar-refractivity contribution in [2.24, 2.45) is 10.9 Å². The van der Waals surface area contributed by atoms with Crippen LogP contribution in [0.5, 0.6) is 11.5 Å². The second-order valence-corrected chi connectivity index (χ2v) is 9.40. The van der Waals surface area contributed by atoms with Crippen LogP contribution in [0.4, 0.5) is 11.4 Å². The van der Waals surface area contributed by atoms with E-state index in [1.807, 2.05) is 31.3 Å². The van der Waals surface area contributed by atoms with Gasteiger partial charge in [-0.15, -0.1) is 0 Å². The number of allylic oxidation sites excluding steroid dienone is 2. The highest BCUT2D eigenvalue weighted by atomic mass is 16.5.